The molecule has 0 aliphatic heterocycles. The number of alkyl halides is 3. The van der Waals surface area contributed by atoms with E-state index in [0.717, 1.165) is 0 Å². The zero-order valence-corrected chi connectivity index (χ0v) is 4.68. The summed E-state index contributed by atoms with van der Waals surface area (Å²) in [4.78, 5) is 0. The van der Waals surface area contributed by atoms with Crippen LogP contribution in [0.15, 0.2) is 3.86 Å². The molecule has 0 atom stereocenters. The van der Waals surface area contributed by atoms with Crippen molar-refractivity contribution in [1.82, 2.24) is 0 Å². The van der Waals surface area contributed by atoms with Gasteiger partial charge in [-0.1, -0.05) is 0 Å². The molecule has 36 valence electrons. The summed E-state index contributed by atoms with van der Waals surface area (Å²) >= 11 is 0.708. The molecule has 0 heterocycles. The van der Waals surface area contributed by atoms with Crippen LogP contribution in [0.1, 0.15) is 0 Å². The zero-order valence-electron chi connectivity index (χ0n) is 2.58. The van der Waals surface area contributed by atoms with Crippen molar-refractivity contribution in [1.29, 1.82) is 0 Å². The molecule has 0 saturated heterocycles. The molecule has 0 spiro atoms. The van der Waals surface area contributed by atoms with Gasteiger partial charge in [-0.05, 0) is 0 Å². The third kappa shape index (κ3) is 4.15. The Kier molecular flexibility index (Phi) is 1.78. The minimum absolute atomic E-state index is 0.708. The Morgan fingerprint density at radius 1 is 1.33 bits per heavy atom. The second kappa shape index (κ2) is 1.73. The van der Waals surface area contributed by atoms with E-state index in [0.29, 0.717) is 16.7 Å². The summed E-state index contributed by atoms with van der Waals surface area (Å²) in [5, 5.41) is 0. The van der Waals surface area contributed by atoms with E-state index in [9.17, 15) is 13.2 Å². The van der Waals surface area contributed by atoms with Gasteiger partial charge in [-0.3, -0.25) is 0 Å². The summed E-state index contributed by atoms with van der Waals surface area (Å²) in [7, 11) is 0. The fraction of sp³-hybridized carbons (Fsp3) is 1.00. The van der Waals surface area contributed by atoms with Crippen LogP contribution < -0.4 is 0 Å². The van der Waals surface area contributed by atoms with Crippen LogP contribution in [-0.2, 0) is 0 Å². The van der Waals surface area contributed by atoms with Gasteiger partial charge in [0.05, 0.1) is 0 Å². The van der Waals surface area contributed by atoms with Crippen LogP contribution in [-0.4, -0.2) is 23.0 Å². The zero-order chi connectivity index (χ0) is 5.21. The predicted molar refractivity (Wildman–Crippen MR) is 15.6 cm³/mol. The van der Waals surface area contributed by atoms with Gasteiger partial charge in [0.1, 0.15) is 0 Å². The summed E-state index contributed by atoms with van der Waals surface area (Å²) in [6.45, 7) is 0. The third-order valence-corrected chi connectivity index (χ3v) is 0.659. The first kappa shape index (κ1) is 6.15. The van der Waals surface area contributed by atoms with Crippen molar-refractivity contribution < 1.29 is 13.2 Å². The summed E-state index contributed by atoms with van der Waals surface area (Å²) in [6, 6.07) is 0. The van der Waals surface area contributed by atoms with E-state index in [1.54, 1.807) is 0 Å². The maximum atomic E-state index is 10.6. The van der Waals surface area contributed by atoms with Crippen LogP contribution in [0.5, 0.6) is 0 Å². The first-order valence-electron chi connectivity index (χ1n) is 1.01. The van der Waals surface area contributed by atoms with Gasteiger partial charge in [0, 0.05) is 0 Å². The Hall–Kier alpha value is 0.148. The molecular formula is CHAsF3N. The topological polar surface area (TPSA) is 12.4 Å². The van der Waals surface area contributed by atoms with E-state index in [2.05, 4.69) is 0 Å². The van der Waals surface area contributed by atoms with Crippen LogP contribution in [0, 0.1) is 0 Å². The van der Waals surface area contributed by atoms with E-state index in [1.807, 2.05) is 3.86 Å². The normalized spacial score (nSPS) is 11.2. The van der Waals surface area contributed by atoms with Crippen molar-refractivity contribution in [3.8, 4) is 0 Å². The molecule has 0 fully saturated rings. The van der Waals surface area contributed by atoms with Crippen LogP contribution in [0.4, 0.5) is 13.2 Å². The van der Waals surface area contributed by atoms with E-state index in [-0.39, 0.29) is 0 Å². The second-order valence-corrected chi connectivity index (χ2v) is 1.05. The van der Waals surface area contributed by atoms with E-state index in [4.69, 9.17) is 0 Å². The van der Waals surface area contributed by atoms with Crippen LogP contribution in [0.3, 0.4) is 0 Å². The van der Waals surface area contributed by atoms with Crippen molar-refractivity contribution in [3.05, 3.63) is 0 Å². The number of hydrogen-bond acceptors (Lipinski definition) is 1. The van der Waals surface area contributed by atoms with Crippen molar-refractivity contribution in [3.63, 3.8) is 0 Å². The average Bonchev–Trinajstić information content (AvgIpc) is 1.35. The molecule has 0 radical (unpaired) electrons. The molecule has 0 aromatic rings. The van der Waals surface area contributed by atoms with Crippen molar-refractivity contribution in [2.24, 2.45) is 3.86 Å². The second-order valence-electron chi connectivity index (χ2n) is 0.580. The summed E-state index contributed by atoms with van der Waals surface area (Å²) in [5.41, 5.74) is 0. The molecule has 0 unspecified atom stereocenters. The Morgan fingerprint density at radius 2 is 1.50 bits per heavy atom. The van der Waals surface area contributed by atoms with Crippen molar-refractivity contribution in [2.75, 3.05) is 0 Å². The number of rotatable bonds is 0. The molecule has 1 nitrogen and oxygen atoms in total. The van der Waals surface area contributed by atoms with Gasteiger partial charge < -0.3 is 0 Å². The first-order chi connectivity index (χ1) is 2.56. The van der Waals surface area contributed by atoms with Crippen LogP contribution in [0.25, 0.3) is 0 Å². The summed E-state index contributed by atoms with van der Waals surface area (Å²) in [6.07, 6.45) is -4.33. The van der Waals surface area contributed by atoms with E-state index >= 15 is 0 Å². The fourth-order valence-electron chi connectivity index (χ4n) is 0. The van der Waals surface area contributed by atoms with Gasteiger partial charge in [-0.15, -0.1) is 0 Å². The molecule has 0 aromatic heterocycles. The molecule has 5 heteroatoms. The monoisotopic (exact) mass is 159 g/mol. The molecule has 0 aliphatic carbocycles. The van der Waals surface area contributed by atoms with Crippen molar-refractivity contribution in [2.45, 2.75) is 6.30 Å². The molecule has 0 aromatic carbocycles. The molecule has 0 aliphatic rings. The van der Waals surface area contributed by atoms with Gasteiger partial charge >= 0.3 is 40.0 Å². The van der Waals surface area contributed by atoms with E-state index in [1.165, 1.54) is 0 Å². The molecule has 0 rings (SSSR count). The first-order valence-corrected chi connectivity index (χ1v) is 1.95. The molecule has 0 saturated carbocycles. The predicted octanol–water partition coefficient (Wildman–Crippen LogP) is 0.591. The molecule has 0 N–H and O–H groups in total. The number of halogens is 3. The standard InChI is InChI=1S/CHAsF3N/c2-6-1(3,4)5/h2H. The Bertz CT molecular complexity index is 56.3. The van der Waals surface area contributed by atoms with Gasteiger partial charge in [0.15, 0.2) is 0 Å². The van der Waals surface area contributed by atoms with Gasteiger partial charge in [0.25, 0.3) is 0 Å². The van der Waals surface area contributed by atoms with E-state index < -0.39 is 6.30 Å². The average molecular weight is 159 g/mol. The van der Waals surface area contributed by atoms with Gasteiger partial charge in [0.2, 0.25) is 0 Å². The number of hydrogen-bond donors (Lipinski definition) is 0. The number of nitrogens with zero attached hydrogens (tertiary/aromatic N) is 1. The van der Waals surface area contributed by atoms with Crippen LogP contribution in [0.2, 0.25) is 0 Å². The molecule has 0 amide bonds. The van der Waals surface area contributed by atoms with Crippen molar-refractivity contribution >= 4 is 16.7 Å². The molecule has 6 heavy (non-hydrogen) atoms. The summed E-state index contributed by atoms with van der Waals surface area (Å²) < 4.78 is 33.9. The van der Waals surface area contributed by atoms with Gasteiger partial charge in [-0.25, -0.2) is 0 Å². The Labute approximate surface area is 40.8 Å². The Balaban J connectivity index is 3.45. The van der Waals surface area contributed by atoms with Crippen LogP contribution >= 0.6 is 0 Å². The minimum atomic E-state index is -4.33. The Morgan fingerprint density at radius 3 is 1.50 bits per heavy atom. The third-order valence-electron chi connectivity index (χ3n) is 0.127. The summed E-state index contributed by atoms with van der Waals surface area (Å²) in [5.74, 6) is 0. The molecular weight excluding hydrogens is 158 g/mol. The maximum absolute atomic E-state index is 10.6. The fourth-order valence-corrected chi connectivity index (χ4v) is 0. The molecule has 0 bridgehead atoms. The van der Waals surface area contributed by atoms with Gasteiger partial charge in [-0.2, -0.15) is 0 Å². The quantitative estimate of drug-likeness (QED) is 0.362. The SMILES string of the molecule is FC(F)(F)N=[AsH].